The minimum atomic E-state index is 0.611. The maximum absolute atomic E-state index is 8.52. The minimum absolute atomic E-state index is 0.611. The third-order valence-corrected chi connectivity index (χ3v) is 4.93. The third-order valence-electron chi connectivity index (χ3n) is 4.93. The van der Waals surface area contributed by atoms with Crippen molar-refractivity contribution in [3.63, 3.8) is 0 Å². The summed E-state index contributed by atoms with van der Waals surface area (Å²) in [5.41, 5.74) is 5.89. The number of rotatable bonds is 1. The molecule has 1 heteroatoms. The van der Waals surface area contributed by atoms with Crippen molar-refractivity contribution in [2.45, 2.75) is 20.8 Å². The number of benzene rings is 3. The Bertz CT molecular complexity index is 1140. The molecular formula is C23H22N+. The SMILES string of the molecule is [2H]c1c(C)[n+](C)c(-c2cc3ccccc3cc2C)c2cc(C)ccc12. The standard InChI is InChI=1S/C23H22N/c1-15-9-10-20-13-17(3)24(4)23(22(20)11-15)21-14-19-8-6-5-7-18(19)12-16(21)2/h5-14H,1-4H3/q+1/i13D. The van der Waals surface area contributed by atoms with E-state index in [1.54, 1.807) is 0 Å². The first-order valence-corrected chi connectivity index (χ1v) is 8.36. The lowest BCUT2D eigenvalue weighted by atomic mass is 9.95. The number of aromatic nitrogens is 1. The summed E-state index contributed by atoms with van der Waals surface area (Å²) < 4.78 is 10.7. The van der Waals surface area contributed by atoms with Gasteiger partial charge in [-0.05, 0) is 47.7 Å². The Balaban J connectivity index is 2.17. The second-order valence-electron chi connectivity index (χ2n) is 6.68. The van der Waals surface area contributed by atoms with E-state index < -0.39 is 0 Å². The monoisotopic (exact) mass is 313 g/mol. The number of pyridine rings is 1. The highest BCUT2D eigenvalue weighted by atomic mass is 14.9. The summed E-state index contributed by atoms with van der Waals surface area (Å²) >= 11 is 0. The molecule has 1 nitrogen and oxygen atoms in total. The van der Waals surface area contributed by atoms with Gasteiger partial charge >= 0.3 is 0 Å². The van der Waals surface area contributed by atoms with Gasteiger partial charge in [-0.25, -0.2) is 0 Å². The summed E-state index contributed by atoms with van der Waals surface area (Å²) in [4.78, 5) is 0. The van der Waals surface area contributed by atoms with Gasteiger partial charge in [-0.3, -0.25) is 0 Å². The molecule has 1 heterocycles. The van der Waals surface area contributed by atoms with E-state index in [2.05, 4.69) is 80.1 Å². The van der Waals surface area contributed by atoms with E-state index in [0.717, 1.165) is 16.5 Å². The first-order valence-electron chi connectivity index (χ1n) is 8.86. The molecule has 0 aliphatic carbocycles. The van der Waals surface area contributed by atoms with Gasteiger partial charge in [-0.1, -0.05) is 48.0 Å². The lowest BCUT2D eigenvalue weighted by molar-refractivity contribution is -0.665. The molecule has 24 heavy (non-hydrogen) atoms. The zero-order valence-corrected chi connectivity index (χ0v) is 14.6. The Labute approximate surface area is 144 Å². The molecule has 0 aliphatic rings. The van der Waals surface area contributed by atoms with Crippen LogP contribution in [0.1, 0.15) is 18.2 Å². The van der Waals surface area contributed by atoms with Gasteiger partial charge in [0.05, 0.1) is 12.3 Å². The highest BCUT2D eigenvalue weighted by Gasteiger charge is 2.20. The second-order valence-corrected chi connectivity index (χ2v) is 6.68. The normalized spacial score (nSPS) is 11.9. The maximum Gasteiger partial charge on any atom is 0.220 e. The lowest BCUT2D eigenvalue weighted by Crippen LogP contribution is -2.35. The molecule has 0 atom stereocenters. The molecule has 4 rings (SSSR count). The van der Waals surface area contributed by atoms with Crippen LogP contribution in [0.5, 0.6) is 0 Å². The van der Waals surface area contributed by atoms with Crippen LogP contribution in [0.25, 0.3) is 32.8 Å². The van der Waals surface area contributed by atoms with E-state index in [4.69, 9.17) is 1.37 Å². The molecule has 0 fully saturated rings. The van der Waals surface area contributed by atoms with E-state index in [1.807, 2.05) is 6.92 Å². The molecule has 4 aromatic rings. The van der Waals surface area contributed by atoms with Crippen molar-refractivity contribution in [2.24, 2.45) is 7.05 Å². The molecule has 0 unspecified atom stereocenters. The molecule has 0 aliphatic heterocycles. The van der Waals surface area contributed by atoms with Gasteiger partial charge in [0.2, 0.25) is 5.69 Å². The van der Waals surface area contributed by atoms with Gasteiger partial charge in [-0.2, -0.15) is 4.57 Å². The third kappa shape index (κ3) is 2.28. The zero-order chi connectivity index (χ0) is 17.7. The average Bonchev–Trinajstić information content (AvgIpc) is 2.60. The van der Waals surface area contributed by atoms with Crippen LogP contribution in [-0.2, 0) is 7.05 Å². The summed E-state index contributed by atoms with van der Waals surface area (Å²) in [7, 11) is 2.07. The largest absolute Gasteiger partial charge is 0.220 e. The highest BCUT2D eigenvalue weighted by Crippen LogP contribution is 2.32. The van der Waals surface area contributed by atoms with E-state index in [9.17, 15) is 0 Å². The lowest BCUT2D eigenvalue weighted by Gasteiger charge is -2.12. The van der Waals surface area contributed by atoms with Crippen LogP contribution >= 0.6 is 0 Å². The molecule has 1 aromatic heterocycles. The smallest absolute Gasteiger partial charge is 0.198 e. The zero-order valence-electron chi connectivity index (χ0n) is 15.6. The molecule has 0 amide bonds. The van der Waals surface area contributed by atoms with Gasteiger partial charge in [0, 0.05) is 13.0 Å². The molecule has 0 spiro atoms. The van der Waals surface area contributed by atoms with Crippen molar-refractivity contribution in [3.05, 3.63) is 77.5 Å². The van der Waals surface area contributed by atoms with Crippen LogP contribution in [0.3, 0.4) is 0 Å². The van der Waals surface area contributed by atoms with Crippen molar-refractivity contribution < 1.29 is 5.94 Å². The van der Waals surface area contributed by atoms with Gasteiger partial charge in [0.15, 0.2) is 5.69 Å². The number of hydrogen-bond acceptors (Lipinski definition) is 0. The quantitative estimate of drug-likeness (QED) is 0.414. The van der Waals surface area contributed by atoms with Crippen LogP contribution in [-0.4, -0.2) is 0 Å². The van der Waals surface area contributed by atoms with Gasteiger partial charge in [-0.15, -0.1) is 0 Å². The van der Waals surface area contributed by atoms with Crippen LogP contribution < -0.4 is 4.57 Å². The summed E-state index contributed by atoms with van der Waals surface area (Å²) in [6.07, 6.45) is 0. The number of aryl methyl sites for hydroxylation is 2. The fraction of sp³-hybridized carbons (Fsp3) is 0.174. The van der Waals surface area contributed by atoms with Crippen LogP contribution in [0, 0.1) is 20.8 Å². The fourth-order valence-electron chi connectivity index (χ4n) is 3.53. The molecule has 0 bridgehead atoms. The predicted molar refractivity (Wildman–Crippen MR) is 102 cm³/mol. The second kappa shape index (κ2) is 5.45. The molecule has 0 saturated heterocycles. The molecule has 3 aromatic carbocycles. The summed E-state index contributed by atoms with van der Waals surface area (Å²) in [5, 5.41) is 4.68. The van der Waals surface area contributed by atoms with E-state index in [1.165, 1.54) is 33.2 Å². The fourth-order valence-corrected chi connectivity index (χ4v) is 3.53. The van der Waals surface area contributed by atoms with Crippen LogP contribution in [0.4, 0.5) is 0 Å². The Hall–Kier alpha value is -2.67. The molecule has 0 saturated carbocycles. The predicted octanol–water partition coefficient (Wildman–Crippen LogP) is 5.41. The molecule has 118 valence electrons. The highest BCUT2D eigenvalue weighted by molar-refractivity contribution is 5.97. The molecule has 0 N–H and O–H groups in total. The Kier molecular flexibility index (Phi) is 3.12. The topological polar surface area (TPSA) is 3.88 Å². The van der Waals surface area contributed by atoms with E-state index in [0.29, 0.717) is 6.04 Å². The van der Waals surface area contributed by atoms with E-state index in [-0.39, 0.29) is 0 Å². The van der Waals surface area contributed by atoms with Crippen molar-refractivity contribution in [2.75, 3.05) is 0 Å². The van der Waals surface area contributed by atoms with Crippen molar-refractivity contribution in [1.29, 1.82) is 0 Å². The van der Waals surface area contributed by atoms with Gasteiger partial charge in [0.25, 0.3) is 0 Å². The van der Waals surface area contributed by atoms with Gasteiger partial charge in [0.1, 0.15) is 7.05 Å². The Morgan fingerprint density at radius 1 is 0.833 bits per heavy atom. The summed E-state index contributed by atoms with van der Waals surface area (Å²) in [5.74, 6) is 0. The van der Waals surface area contributed by atoms with E-state index >= 15 is 0 Å². The van der Waals surface area contributed by atoms with Crippen molar-refractivity contribution >= 4 is 21.5 Å². The first-order chi connectivity index (χ1) is 12.0. The van der Waals surface area contributed by atoms with Gasteiger partial charge < -0.3 is 0 Å². The van der Waals surface area contributed by atoms with Crippen LogP contribution in [0.2, 0.25) is 0 Å². The maximum atomic E-state index is 8.52. The number of nitrogens with zero attached hydrogens (tertiary/aromatic N) is 1. The first kappa shape index (κ1) is 13.7. The van der Waals surface area contributed by atoms with Crippen molar-refractivity contribution in [1.82, 2.24) is 0 Å². The number of hydrogen-bond donors (Lipinski definition) is 0. The Morgan fingerprint density at radius 3 is 2.29 bits per heavy atom. The van der Waals surface area contributed by atoms with Crippen molar-refractivity contribution in [3.8, 4) is 11.3 Å². The Morgan fingerprint density at radius 2 is 1.54 bits per heavy atom. The van der Waals surface area contributed by atoms with Crippen LogP contribution in [0.15, 0.2) is 60.6 Å². The average molecular weight is 313 g/mol. The number of fused-ring (bicyclic) bond motifs is 2. The molecular weight excluding hydrogens is 290 g/mol. The molecule has 0 radical (unpaired) electrons. The summed E-state index contributed by atoms with van der Waals surface area (Å²) in [6.45, 7) is 6.31. The summed E-state index contributed by atoms with van der Waals surface area (Å²) in [6, 6.07) is 20.0. The minimum Gasteiger partial charge on any atom is -0.198 e.